The van der Waals surface area contributed by atoms with Gasteiger partial charge in [0.2, 0.25) is 0 Å². The first-order chi connectivity index (χ1) is 10.9. The summed E-state index contributed by atoms with van der Waals surface area (Å²) in [5.74, 6) is -0.00615. The summed E-state index contributed by atoms with van der Waals surface area (Å²) in [6, 6.07) is 13.1. The predicted octanol–water partition coefficient (Wildman–Crippen LogP) is 4.71. The van der Waals surface area contributed by atoms with E-state index in [0.29, 0.717) is 12.2 Å². The number of alkyl halides is 2. The largest absolute Gasteiger partial charge is 0.435 e. The molecule has 1 N–H and O–H groups in total. The van der Waals surface area contributed by atoms with Crippen molar-refractivity contribution in [2.24, 2.45) is 0 Å². The van der Waals surface area contributed by atoms with Gasteiger partial charge in [-0.2, -0.15) is 8.78 Å². The van der Waals surface area contributed by atoms with Gasteiger partial charge in [-0.25, -0.2) is 4.79 Å². The Kier molecular flexibility index (Phi) is 5.92. The van der Waals surface area contributed by atoms with Crippen molar-refractivity contribution in [1.29, 1.82) is 0 Å². The molecule has 2 amide bonds. The number of nitrogens with zero attached hydrogens (tertiary/aromatic N) is 1. The summed E-state index contributed by atoms with van der Waals surface area (Å²) in [7, 11) is 1.65. The molecule has 0 atom stereocenters. The second-order valence-corrected chi connectivity index (χ2v) is 5.73. The zero-order chi connectivity index (χ0) is 16.8. The quantitative estimate of drug-likeness (QED) is 0.810. The van der Waals surface area contributed by atoms with E-state index >= 15 is 0 Å². The number of amides is 2. The fourth-order valence-electron chi connectivity index (χ4n) is 1.90. The average Bonchev–Trinajstić information content (AvgIpc) is 2.49. The Morgan fingerprint density at radius 1 is 1.26 bits per heavy atom. The highest BCUT2D eigenvalue weighted by atomic mass is 79.9. The monoisotopic (exact) mass is 384 g/mol. The molecule has 0 unspecified atom stereocenters. The number of halogens is 3. The van der Waals surface area contributed by atoms with Crippen molar-refractivity contribution >= 4 is 27.6 Å². The third kappa shape index (κ3) is 5.52. The van der Waals surface area contributed by atoms with E-state index in [1.165, 1.54) is 23.1 Å². The summed E-state index contributed by atoms with van der Waals surface area (Å²) in [4.78, 5) is 13.6. The molecule has 0 aliphatic rings. The minimum atomic E-state index is -2.90. The summed E-state index contributed by atoms with van der Waals surface area (Å²) in [6.45, 7) is -2.48. The second-order valence-electron chi connectivity index (χ2n) is 4.82. The van der Waals surface area contributed by atoms with Crippen LogP contribution in [0, 0.1) is 0 Å². The normalized spacial score (nSPS) is 10.5. The highest BCUT2D eigenvalue weighted by Crippen LogP contribution is 2.20. The van der Waals surface area contributed by atoms with E-state index in [0.717, 1.165) is 10.0 Å². The van der Waals surface area contributed by atoms with Crippen LogP contribution in [0.1, 0.15) is 5.56 Å². The van der Waals surface area contributed by atoms with Crippen molar-refractivity contribution < 1.29 is 18.3 Å². The molecular formula is C16H15BrF2N2O2. The fraction of sp³-hybridized carbons (Fsp3) is 0.188. The molecule has 0 radical (unpaired) electrons. The van der Waals surface area contributed by atoms with Gasteiger partial charge in [-0.15, -0.1) is 0 Å². The topological polar surface area (TPSA) is 41.6 Å². The number of rotatable bonds is 5. The zero-order valence-corrected chi connectivity index (χ0v) is 13.9. The van der Waals surface area contributed by atoms with E-state index in [1.54, 1.807) is 13.1 Å². The minimum Gasteiger partial charge on any atom is -0.435 e. The van der Waals surface area contributed by atoms with E-state index in [9.17, 15) is 13.6 Å². The first-order valence-corrected chi connectivity index (χ1v) is 7.55. The molecule has 2 rings (SSSR count). The number of anilines is 1. The number of benzene rings is 2. The molecule has 0 fully saturated rings. The van der Waals surface area contributed by atoms with Gasteiger partial charge in [0.25, 0.3) is 0 Å². The maximum absolute atomic E-state index is 12.2. The highest BCUT2D eigenvalue weighted by Gasteiger charge is 2.11. The lowest BCUT2D eigenvalue weighted by Gasteiger charge is -2.18. The molecular weight excluding hydrogens is 370 g/mol. The van der Waals surface area contributed by atoms with Crippen LogP contribution in [0.3, 0.4) is 0 Å². The lowest BCUT2D eigenvalue weighted by Crippen LogP contribution is -2.30. The highest BCUT2D eigenvalue weighted by molar-refractivity contribution is 9.10. The van der Waals surface area contributed by atoms with E-state index in [1.807, 2.05) is 24.3 Å². The van der Waals surface area contributed by atoms with Crippen LogP contribution in [-0.2, 0) is 6.54 Å². The van der Waals surface area contributed by atoms with Crippen molar-refractivity contribution in [1.82, 2.24) is 4.90 Å². The number of hydrogen-bond acceptors (Lipinski definition) is 2. The van der Waals surface area contributed by atoms with Crippen LogP contribution in [0.5, 0.6) is 5.75 Å². The number of carbonyl (C=O) groups excluding carboxylic acids is 1. The van der Waals surface area contributed by atoms with Crippen LogP contribution in [0.2, 0.25) is 0 Å². The minimum absolute atomic E-state index is 0.00615. The van der Waals surface area contributed by atoms with Crippen LogP contribution < -0.4 is 10.1 Å². The lowest BCUT2D eigenvalue weighted by molar-refractivity contribution is -0.0497. The molecule has 23 heavy (non-hydrogen) atoms. The number of hydrogen-bond donors (Lipinski definition) is 1. The fourth-order valence-corrected chi connectivity index (χ4v) is 2.17. The van der Waals surface area contributed by atoms with Crippen LogP contribution >= 0.6 is 15.9 Å². The van der Waals surface area contributed by atoms with Gasteiger partial charge in [0.05, 0.1) is 0 Å². The molecule has 0 bridgehead atoms. The summed E-state index contributed by atoms with van der Waals surface area (Å²) in [5, 5.41) is 2.64. The van der Waals surface area contributed by atoms with Crippen LogP contribution in [0.25, 0.3) is 0 Å². The van der Waals surface area contributed by atoms with Gasteiger partial charge in [-0.1, -0.05) is 34.1 Å². The molecule has 0 aliphatic heterocycles. The van der Waals surface area contributed by atoms with Gasteiger partial charge >= 0.3 is 12.6 Å². The summed E-state index contributed by atoms with van der Waals surface area (Å²) >= 11 is 3.35. The Labute approximate surface area is 141 Å². The van der Waals surface area contributed by atoms with Crippen molar-refractivity contribution in [2.75, 3.05) is 12.4 Å². The van der Waals surface area contributed by atoms with Crippen LogP contribution in [-0.4, -0.2) is 24.6 Å². The summed E-state index contributed by atoms with van der Waals surface area (Å²) < 4.78 is 29.6. The first kappa shape index (κ1) is 17.2. The zero-order valence-electron chi connectivity index (χ0n) is 12.3. The Balaban J connectivity index is 1.96. The third-order valence-corrected chi connectivity index (χ3v) is 3.52. The van der Waals surface area contributed by atoms with E-state index in [4.69, 9.17) is 0 Å². The second kappa shape index (κ2) is 7.92. The van der Waals surface area contributed by atoms with Crippen LogP contribution in [0.15, 0.2) is 53.0 Å². The van der Waals surface area contributed by atoms with E-state index in [2.05, 4.69) is 26.0 Å². The molecule has 0 saturated heterocycles. The first-order valence-electron chi connectivity index (χ1n) is 6.75. The maximum Gasteiger partial charge on any atom is 0.387 e. The number of urea groups is 1. The summed E-state index contributed by atoms with van der Waals surface area (Å²) in [6.07, 6.45) is 0. The Bertz CT molecular complexity index is 665. The van der Waals surface area contributed by atoms with Gasteiger partial charge in [0.15, 0.2) is 0 Å². The molecule has 0 saturated carbocycles. The smallest absolute Gasteiger partial charge is 0.387 e. The Morgan fingerprint density at radius 2 is 1.96 bits per heavy atom. The molecule has 7 heteroatoms. The van der Waals surface area contributed by atoms with Crippen LogP contribution in [0.4, 0.5) is 19.3 Å². The molecule has 0 aromatic heterocycles. The van der Waals surface area contributed by atoms with Crippen molar-refractivity contribution in [2.45, 2.75) is 13.2 Å². The summed E-state index contributed by atoms with van der Waals surface area (Å²) in [5.41, 5.74) is 1.36. The standard InChI is InChI=1S/C16H15BrF2N2O2/c1-21(10-11-5-7-12(17)8-6-11)16(22)20-13-3-2-4-14(9-13)23-15(18)19/h2-9,15H,10H2,1H3,(H,20,22). The Hall–Kier alpha value is -2.15. The SMILES string of the molecule is CN(Cc1ccc(Br)cc1)C(=O)Nc1cccc(OC(F)F)c1. The number of ether oxygens (including phenoxy) is 1. The molecule has 4 nitrogen and oxygen atoms in total. The maximum atomic E-state index is 12.2. The van der Waals surface area contributed by atoms with Gasteiger partial charge in [0, 0.05) is 29.8 Å². The Morgan fingerprint density at radius 3 is 2.61 bits per heavy atom. The number of nitrogens with one attached hydrogen (secondary N) is 1. The van der Waals surface area contributed by atoms with Gasteiger partial charge in [0.1, 0.15) is 5.75 Å². The average molecular weight is 385 g/mol. The molecule has 0 heterocycles. The predicted molar refractivity (Wildman–Crippen MR) is 87.7 cm³/mol. The molecule has 2 aromatic carbocycles. The van der Waals surface area contributed by atoms with Gasteiger partial charge < -0.3 is 15.0 Å². The molecule has 2 aromatic rings. The molecule has 0 aliphatic carbocycles. The van der Waals surface area contributed by atoms with Gasteiger partial charge in [-0.05, 0) is 29.8 Å². The van der Waals surface area contributed by atoms with E-state index < -0.39 is 6.61 Å². The van der Waals surface area contributed by atoms with Gasteiger partial charge in [-0.3, -0.25) is 0 Å². The van der Waals surface area contributed by atoms with Crippen molar-refractivity contribution in [3.63, 3.8) is 0 Å². The van der Waals surface area contributed by atoms with E-state index in [-0.39, 0.29) is 11.8 Å². The van der Waals surface area contributed by atoms with Crippen molar-refractivity contribution in [3.8, 4) is 5.75 Å². The number of carbonyl (C=O) groups is 1. The lowest BCUT2D eigenvalue weighted by atomic mass is 10.2. The molecule has 0 spiro atoms. The molecule has 122 valence electrons. The van der Waals surface area contributed by atoms with Crippen molar-refractivity contribution in [3.05, 3.63) is 58.6 Å². The third-order valence-electron chi connectivity index (χ3n) is 2.99.